The molecule has 30 heavy (non-hydrogen) atoms. The number of rotatable bonds is 6. The van der Waals surface area contributed by atoms with Crippen LogP contribution in [0.1, 0.15) is 22.7 Å². The van der Waals surface area contributed by atoms with Crippen LogP contribution in [0.5, 0.6) is 5.75 Å². The van der Waals surface area contributed by atoms with Crippen LogP contribution in [0.2, 0.25) is 10.0 Å². The minimum Gasteiger partial charge on any atom is -0.507 e. The summed E-state index contributed by atoms with van der Waals surface area (Å²) < 4.78 is 10.3. The number of benzene rings is 2. The lowest BCUT2D eigenvalue weighted by Gasteiger charge is -2.25. The summed E-state index contributed by atoms with van der Waals surface area (Å²) in [5, 5.41) is 11.7. The SMILES string of the molecule is COCCN1C(=O)C(=O)/C(=C(/O)c2ccc(OC)cc2C)[C@H]1c1ccc(Cl)c(Cl)c1. The average molecular weight is 450 g/mol. The molecule has 1 amide bonds. The van der Waals surface area contributed by atoms with Gasteiger partial charge in [-0.25, -0.2) is 0 Å². The highest BCUT2D eigenvalue weighted by atomic mass is 35.5. The van der Waals surface area contributed by atoms with Crippen molar-refractivity contribution in [3.05, 3.63) is 68.7 Å². The fourth-order valence-electron chi connectivity index (χ4n) is 3.50. The maximum absolute atomic E-state index is 12.9. The Morgan fingerprint density at radius 1 is 1.10 bits per heavy atom. The molecule has 1 N–H and O–H groups in total. The van der Waals surface area contributed by atoms with E-state index in [2.05, 4.69) is 0 Å². The van der Waals surface area contributed by atoms with Gasteiger partial charge in [0.25, 0.3) is 11.7 Å². The van der Waals surface area contributed by atoms with E-state index in [-0.39, 0.29) is 29.5 Å². The molecule has 2 aromatic carbocycles. The Morgan fingerprint density at radius 2 is 1.83 bits per heavy atom. The van der Waals surface area contributed by atoms with Crippen molar-refractivity contribution >= 4 is 40.7 Å². The molecule has 158 valence electrons. The molecule has 0 unspecified atom stereocenters. The third-order valence-electron chi connectivity index (χ3n) is 5.02. The number of amides is 1. The molecule has 0 spiro atoms. The van der Waals surface area contributed by atoms with Gasteiger partial charge in [0, 0.05) is 19.2 Å². The minimum atomic E-state index is -0.823. The van der Waals surface area contributed by atoms with Crippen molar-refractivity contribution in [2.45, 2.75) is 13.0 Å². The van der Waals surface area contributed by atoms with E-state index in [4.69, 9.17) is 32.7 Å². The smallest absolute Gasteiger partial charge is 0.295 e. The summed E-state index contributed by atoms with van der Waals surface area (Å²) >= 11 is 12.2. The number of aryl methyl sites for hydroxylation is 1. The van der Waals surface area contributed by atoms with Gasteiger partial charge in [0.1, 0.15) is 11.5 Å². The van der Waals surface area contributed by atoms with Crippen LogP contribution in [0.3, 0.4) is 0 Å². The van der Waals surface area contributed by atoms with Gasteiger partial charge in [-0.1, -0.05) is 29.3 Å². The Morgan fingerprint density at radius 3 is 2.43 bits per heavy atom. The van der Waals surface area contributed by atoms with Gasteiger partial charge in [-0.15, -0.1) is 0 Å². The van der Waals surface area contributed by atoms with E-state index in [1.54, 1.807) is 50.4 Å². The number of ether oxygens (including phenoxy) is 2. The van der Waals surface area contributed by atoms with Crippen LogP contribution in [0.4, 0.5) is 0 Å². The Bertz CT molecular complexity index is 1030. The van der Waals surface area contributed by atoms with Crippen molar-refractivity contribution in [2.24, 2.45) is 0 Å². The number of ketones is 1. The average Bonchev–Trinajstić information content (AvgIpc) is 2.98. The largest absolute Gasteiger partial charge is 0.507 e. The predicted molar refractivity (Wildman–Crippen MR) is 115 cm³/mol. The number of aliphatic hydroxyl groups excluding tert-OH is 1. The van der Waals surface area contributed by atoms with Crippen LogP contribution >= 0.6 is 23.2 Å². The van der Waals surface area contributed by atoms with Gasteiger partial charge in [-0.2, -0.15) is 0 Å². The fourth-order valence-corrected chi connectivity index (χ4v) is 3.81. The van der Waals surface area contributed by atoms with Crippen molar-refractivity contribution in [3.63, 3.8) is 0 Å². The van der Waals surface area contributed by atoms with E-state index in [1.807, 2.05) is 0 Å². The first-order chi connectivity index (χ1) is 14.3. The lowest BCUT2D eigenvalue weighted by molar-refractivity contribution is -0.140. The zero-order valence-corrected chi connectivity index (χ0v) is 18.3. The summed E-state index contributed by atoms with van der Waals surface area (Å²) in [4.78, 5) is 27.1. The summed E-state index contributed by atoms with van der Waals surface area (Å²) in [6, 6.07) is 9.11. The third-order valence-corrected chi connectivity index (χ3v) is 5.76. The topological polar surface area (TPSA) is 76.1 Å². The number of methoxy groups -OCH3 is 2. The van der Waals surface area contributed by atoms with Crippen molar-refractivity contribution < 1.29 is 24.2 Å². The monoisotopic (exact) mass is 449 g/mol. The normalized spacial score (nSPS) is 18.2. The van der Waals surface area contributed by atoms with E-state index in [9.17, 15) is 14.7 Å². The minimum absolute atomic E-state index is 0.0113. The molecule has 0 aromatic heterocycles. The Hall–Kier alpha value is -2.54. The molecule has 1 aliphatic rings. The Labute approximate surface area is 184 Å². The Balaban J connectivity index is 2.20. The highest BCUT2D eigenvalue weighted by Crippen LogP contribution is 2.41. The number of aliphatic hydroxyl groups is 1. The molecule has 1 fully saturated rings. The third kappa shape index (κ3) is 4.03. The van der Waals surface area contributed by atoms with Gasteiger partial charge in [-0.3, -0.25) is 9.59 Å². The molecule has 1 atom stereocenters. The Kier molecular flexibility index (Phi) is 6.71. The summed E-state index contributed by atoms with van der Waals surface area (Å²) in [7, 11) is 3.05. The number of hydrogen-bond acceptors (Lipinski definition) is 5. The first-order valence-electron chi connectivity index (χ1n) is 9.17. The second-order valence-electron chi connectivity index (χ2n) is 6.84. The second kappa shape index (κ2) is 9.08. The summed E-state index contributed by atoms with van der Waals surface area (Å²) in [5.41, 5.74) is 1.68. The molecule has 2 aromatic rings. The zero-order valence-electron chi connectivity index (χ0n) is 16.7. The van der Waals surface area contributed by atoms with Gasteiger partial charge in [0.2, 0.25) is 0 Å². The lowest BCUT2D eigenvalue weighted by Crippen LogP contribution is -2.32. The maximum Gasteiger partial charge on any atom is 0.295 e. The molecular formula is C22H21Cl2NO5. The molecule has 0 saturated carbocycles. The zero-order chi connectivity index (χ0) is 22.0. The highest BCUT2D eigenvalue weighted by molar-refractivity contribution is 6.47. The quantitative estimate of drug-likeness (QED) is 0.402. The number of carbonyl (C=O) groups is 2. The van der Waals surface area contributed by atoms with Crippen molar-refractivity contribution in [1.82, 2.24) is 4.90 Å². The van der Waals surface area contributed by atoms with Gasteiger partial charge in [0.05, 0.1) is 35.4 Å². The number of Topliss-reactive ketones (excluding diaryl/α,β-unsaturated/α-hetero) is 1. The summed E-state index contributed by atoms with van der Waals surface area (Å²) in [5.74, 6) is -1.12. The van der Waals surface area contributed by atoms with Crippen LogP contribution < -0.4 is 4.74 Å². The fraction of sp³-hybridized carbons (Fsp3) is 0.273. The van der Waals surface area contributed by atoms with Gasteiger partial charge in [-0.05, 0) is 48.4 Å². The summed E-state index contributed by atoms with van der Waals surface area (Å²) in [6.07, 6.45) is 0. The van der Waals surface area contributed by atoms with Crippen LogP contribution in [0, 0.1) is 6.92 Å². The van der Waals surface area contributed by atoms with E-state index in [0.717, 1.165) is 0 Å². The van der Waals surface area contributed by atoms with Crippen LogP contribution in [-0.4, -0.2) is 49.1 Å². The predicted octanol–water partition coefficient (Wildman–Crippen LogP) is 4.38. The van der Waals surface area contributed by atoms with Gasteiger partial charge < -0.3 is 19.5 Å². The highest BCUT2D eigenvalue weighted by Gasteiger charge is 2.46. The molecule has 6 nitrogen and oxygen atoms in total. The van der Waals surface area contributed by atoms with Gasteiger partial charge >= 0.3 is 0 Å². The molecule has 0 bridgehead atoms. The van der Waals surface area contributed by atoms with Crippen LogP contribution in [0.25, 0.3) is 5.76 Å². The van der Waals surface area contributed by atoms with Crippen molar-refractivity contribution in [2.75, 3.05) is 27.4 Å². The van der Waals surface area contributed by atoms with Crippen LogP contribution in [-0.2, 0) is 14.3 Å². The van der Waals surface area contributed by atoms with E-state index >= 15 is 0 Å². The van der Waals surface area contributed by atoms with Crippen molar-refractivity contribution in [1.29, 1.82) is 0 Å². The lowest BCUT2D eigenvalue weighted by atomic mass is 9.94. The molecule has 8 heteroatoms. The van der Waals surface area contributed by atoms with Gasteiger partial charge in [0.15, 0.2) is 0 Å². The van der Waals surface area contributed by atoms with Crippen molar-refractivity contribution in [3.8, 4) is 5.75 Å². The molecule has 1 saturated heterocycles. The molecule has 0 aliphatic carbocycles. The number of carbonyl (C=O) groups excluding carboxylic acids is 2. The molecular weight excluding hydrogens is 429 g/mol. The number of hydrogen-bond donors (Lipinski definition) is 1. The number of halogens is 2. The first-order valence-corrected chi connectivity index (χ1v) is 9.93. The van der Waals surface area contributed by atoms with E-state index in [0.29, 0.717) is 27.5 Å². The first kappa shape index (κ1) is 22.2. The molecule has 3 rings (SSSR count). The second-order valence-corrected chi connectivity index (χ2v) is 7.65. The number of likely N-dealkylation sites (tertiary alicyclic amines) is 1. The number of nitrogens with zero attached hydrogens (tertiary/aromatic N) is 1. The molecule has 1 heterocycles. The van der Waals surface area contributed by atoms with E-state index < -0.39 is 17.7 Å². The maximum atomic E-state index is 12.9. The van der Waals surface area contributed by atoms with E-state index in [1.165, 1.54) is 12.0 Å². The summed E-state index contributed by atoms with van der Waals surface area (Å²) in [6.45, 7) is 2.18. The molecule has 1 aliphatic heterocycles. The van der Waals surface area contributed by atoms with Crippen LogP contribution in [0.15, 0.2) is 42.0 Å². The molecule has 0 radical (unpaired) electrons. The standard InChI is InChI=1S/C22H21Cl2NO5/c1-12-10-14(30-3)5-6-15(12)20(26)18-19(13-4-7-16(23)17(24)11-13)25(8-9-29-2)22(28)21(18)27/h4-7,10-11,19,26H,8-9H2,1-3H3/b20-18+/t19-/m1/s1.